The Morgan fingerprint density at radius 1 is 1.18 bits per heavy atom. The number of aliphatic hydroxyl groups is 1. The van der Waals surface area contributed by atoms with Crippen molar-refractivity contribution in [1.29, 1.82) is 0 Å². The maximum absolute atomic E-state index is 10.3. The highest BCUT2D eigenvalue weighted by molar-refractivity contribution is 5.36. The van der Waals surface area contributed by atoms with Gasteiger partial charge < -0.3 is 15.2 Å². The van der Waals surface area contributed by atoms with E-state index in [2.05, 4.69) is 36.5 Å². The summed E-state index contributed by atoms with van der Waals surface area (Å²) in [5.74, 6) is 0.911. The van der Waals surface area contributed by atoms with Gasteiger partial charge in [-0.1, -0.05) is 43.3 Å². The molecular weight excluding hydrogens is 274 g/mol. The molecule has 1 aliphatic carbocycles. The third-order valence-electron chi connectivity index (χ3n) is 4.10. The fourth-order valence-electron chi connectivity index (χ4n) is 3.01. The number of hydrogen-bond donors (Lipinski definition) is 2. The Labute approximate surface area is 131 Å². The third kappa shape index (κ3) is 3.32. The first-order valence-corrected chi connectivity index (χ1v) is 7.99. The second-order valence-corrected chi connectivity index (χ2v) is 5.82. The number of aliphatic hydroxyl groups excluding tert-OH is 1. The topological polar surface area (TPSA) is 41.5 Å². The lowest BCUT2D eigenvalue weighted by Gasteiger charge is -2.18. The molecule has 0 heterocycles. The fourth-order valence-corrected chi connectivity index (χ4v) is 3.01. The highest BCUT2D eigenvalue weighted by Gasteiger charge is 2.29. The number of nitrogens with one attached hydrogen (secondary N) is 1. The van der Waals surface area contributed by atoms with E-state index in [9.17, 15) is 5.11 Å². The summed E-state index contributed by atoms with van der Waals surface area (Å²) < 4.78 is 5.67. The van der Waals surface area contributed by atoms with Gasteiger partial charge in [-0.05, 0) is 35.2 Å². The normalized spacial score (nSPS) is 19.9. The van der Waals surface area contributed by atoms with E-state index in [1.54, 1.807) is 0 Å². The monoisotopic (exact) mass is 297 g/mol. The summed E-state index contributed by atoms with van der Waals surface area (Å²) in [6.45, 7) is 3.56. The SMILES string of the molecule is CCCOc1cccc(CN[C@@H]2c3ccccc3C[C@@H]2O)c1. The van der Waals surface area contributed by atoms with Crippen LogP contribution in [0.3, 0.4) is 0 Å². The molecule has 0 saturated carbocycles. The van der Waals surface area contributed by atoms with Crippen LogP contribution in [-0.4, -0.2) is 17.8 Å². The van der Waals surface area contributed by atoms with E-state index in [1.165, 1.54) is 16.7 Å². The molecule has 0 spiro atoms. The van der Waals surface area contributed by atoms with Crippen molar-refractivity contribution in [2.75, 3.05) is 6.61 Å². The Morgan fingerprint density at radius 3 is 2.91 bits per heavy atom. The van der Waals surface area contributed by atoms with Crippen molar-refractivity contribution in [2.24, 2.45) is 0 Å². The van der Waals surface area contributed by atoms with E-state index in [0.717, 1.165) is 31.7 Å². The minimum absolute atomic E-state index is 0.0106. The van der Waals surface area contributed by atoms with E-state index in [4.69, 9.17) is 4.74 Å². The zero-order valence-electron chi connectivity index (χ0n) is 13.0. The molecule has 3 rings (SSSR count). The van der Waals surface area contributed by atoms with Crippen LogP contribution in [0, 0.1) is 0 Å². The minimum atomic E-state index is -0.350. The van der Waals surface area contributed by atoms with E-state index >= 15 is 0 Å². The van der Waals surface area contributed by atoms with E-state index in [0.29, 0.717) is 0 Å². The Hall–Kier alpha value is -1.84. The molecule has 22 heavy (non-hydrogen) atoms. The Balaban J connectivity index is 1.65. The molecule has 2 aromatic rings. The first kappa shape index (κ1) is 15.1. The first-order chi connectivity index (χ1) is 10.8. The van der Waals surface area contributed by atoms with Crippen LogP contribution in [0.1, 0.15) is 36.1 Å². The molecule has 0 aromatic heterocycles. The van der Waals surface area contributed by atoms with Gasteiger partial charge in [0.15, 0.2) is 0 Å². The molecule has 3 heteroatoms. The van der Waals surface area contributed by atoms with Crippen LogP contribution in [0.5, 0.6) is 5.75 Å². The lowest BCUT2D eigenvalue weighted by Crippen LogP contribution is -2.28. The molecular formula is C19H23NO2. The van der Waals surface area contributed by atoms with Crippen molar-refractivity contribution in [1.82, 2.24) is 5.32 Å². The molecule has 0 radical (unpaired) electrons. The standard InChI is InChI=1S/C19H23NO2/c1-2-10-22-16-8-5-6-14(11-16)13-20-19-17-9-4-3-7-15(17)12-18(19)21/h3-9,11,18-21H,2,10,12-13H2,1H3/t18-,19+/m0/s1. The Kier molecular flexibility index (Phi) is 4.76. The number of hydrogen-bond acceptors (Lipinski definition) is 3. The summed E-state index contributed by atoms with van der Waals surface area (Å²) in [5, 5.41) is 13.8. The van der Waals surface area contributed by atoms with Crippen LogP contribution in [0.25, 0.3) is 0 Å². The number of rotatable bonds is 6. The molecule has 0 unspecified atom stereocenters. The summed E-state index contributed by atoms with van der Waals surface area (Å²) >= 11 is 0. The molecule has 0 bridgehead atoms. The molecule has 3 nitrogen and oxygen atoms in total. The van der Waals surface area contributed by atoms with Gasteiger partial charge in [0.1, 0.15) is 5.75 Å². The zero-order chi connectivity index (χ0) is 15.4. The minimum Gasteiger partial charge on any atom is -0.494 e. The van der Waals surface area contributed by atoms with Crippen molar-refractivity contribution < 1.29 is 9.84 Å². The van der Waals surface area contributed by atoms with Crippen LogP contribution < -0.4 is 10.1 Å². The van der Waals surface area contributed by atoms with E-state index < -0.39 is 0 Å². The fraction of sp³-hybridized carbons (Fsp3) is 0.368. The largest absolute Gasteiger partial charge is 0.494 e. The first-order valence-electron chi connectivity index (χ1n) is 7.99. The Morgan fingerprint density at radius 2 is 2.05 bits per heavy atom. The number of ether oxygens (including phenoxy) is 1. The van der Waals surface area contributed by atoms with Crippen LogP contribution in [0.2, 0.25) is 0 Å². The van der Waals surface area contributed by atoms with E-state index in [-0.39, 0.29) is 12.1 Å². The summed E-state index contributed by atoms with van der Waals surface area (Å²) in [6.07, 6.45) is 1.39. The van der Waals surface area contributed by atoms with Gasteiger partial charge in [0.25, 0.3) is 0 Å². The molecule has 0 aliphatic heterocycles. The van der Waals surface area contributed by atoms with Gasteiger partial charge in [-0.2, -0.15) is 0 Å². The molecule has 116 valence electrons. The third-order valence-corrected chi connectivity index (χ3v) is 4.10. The second-order valence-electron chi connectivity index (χ2n) is 5.82. The van der Waals surface area contributed by atoms with Crippen molar-refractivity contribution >= 4 is 0 Å². The van der Waals surface area contributed by atoms with E-state index in [1.807, 2.05) is 24.3 Å². The second kappa shape index (κ2) is 6.95. The molecule has 1 aliphatic rings. The van der Waals surface area contributed by atoms with Crippen molar-refractivity contribution in [3.63, 3.8) is 0 Å². The van der Waals surface area contributed by atoms with Gasteiger partial charge in [-0.15, -0.1) is 0 Å². The number of fused-ring (bicyclic) bond motifs is 1. The van der Waals surface area contributed by atoms with Gasteiger partial charge in [-0.25, -0.2) is 0 Å². The molecule has 2 N–H and O–H groups in total. The predicted octanol–water partition coefficient (Wildman–Crippen LogP) is 3.22. The summed E-state index contributed by atoms with van der Waals surface area (Å²) in [6, 6.07) is 16.4. The highest BCUT2D eigenvalue weighted by Crippen LogP contribution is 2.31. The van der Waals surface area contributed by atoms with Gasteiger partial charge >= 0.3 is 0 Å². The van der Waals surface area contributed by atoms with Crippen LogP contribution >= 0.6 is 0 Å². The van der Waals surface area contributed by atoms with Crippen molar-refractivity contribution in [3.05, 3.63) is 65.2 Å². The van der Waals surface area contributed by atoms with Gasteiger partial charge in [0.05, 0.1) is 18.8 Å². The summed E-state index contributed by atoms with van der Waals surface area (Å²) in [7, 11) is 0. The zero-order valence-corrected chi connectivity index (χ0v) is 13.0. The van der Waals surface area contributed by atoms with Crippen molar-refractivity contribution in [2.45, 2.75) is 38.5 Å². The van der Waals surface area contributed by atoms with Gasteiger partial charge in [0.2, 0.25) is 0 Å². The van der Waals surface area contributed by atoms with Crippen LogP contribution in [0.15, 0.2) is 48.5 Å². The molecule has 0 amide bonds. The van der Waals surface area contributed by atoms with Crippen LogP contribution in [-0.2, 0) is 13.0 Å². The van der Waals surface area contributed by atoms with Crippen LogP contribution in [0.4, 0.5) is 0 Å². The highest BCUT2D eigenvalue weighted by atomic mass is 16.5. The maximum Gasteiger partial charge on any atom is 0.119 e. The average molecular weight is 297 g/mol. The summed E-state index contributed by atoms with van der Waals surface area (Å²) in [5.41, 5.74) is 3.63. The molecule has 0 saturated heterocycles. The average Bonchev–Trinajstić information content (AvgIpc) is 2.86. The van der Waals surface area contributed by atoms with Crippen molar-refractivity contribution in [3.8, 4) is 5.75 Å². The smallest absolute Gasteiger partial charge is 0.119 e. The quantitative estimate of drug-likeness (QED) is 0.860. The Bertz CT molecular complexity index is 626. The lowest BCUT2D eigenvalue weighted by atomic mass is 10.1. The molecule has 2 aromatic carbocycles. The molecule has 2 atom stereocenters. The maximum atomic E-state index is 10.3. The lowest BCUT2D eigenvalue weighted by molar-refractivity contribution is 0.140. The summed E-state index contributed by atoms with van der Waals surface area (Å²) in [4.78, 5) is 0. The number of benzene rings is 2. The molecule has 0 fully saturated rings. The predicted molar refractivity (Wildman–Crippen MR) is 88.0 cm³/mol. The van der Waals surface area contributed by atoms with Gasteiger partial charge in [0, 0.05) is 13.0 Å². The van der Waals surface area contributed by atoms with Gasteiger partial charge in [-0.3, -0.25) is 0 Å².